The number of nitrogens with zero attached hydrogens (tertiary/aromatic N) is 2. The first-order valence-electron chi connectivity index (χ1n) is 8.07. The Bertz CT molecular complexity index is 594. The van der Waals surface area contributed by atoms with Crippen LogP contribution in [0.15, 0.2) is 30.5 Å². The molecule has 0 atom stereocenters. The van der Waals surface area contributed by atoms with E-state index >= 15 is 0 Å². The molecule has 1 saturated carbocycles. The van der Waals surface area contributed by atoms with Gasteiger partial charge in [0.15, 0.2) is 0 Å². The van der Waals surface area contributed by atoms with E-state index in [9.17, 15) is 0 Å². The Morgan fingerprint density at radius 1 is 1.10 bits per heavy atom. The van der Waals surface area contributed by atoms with Gasteiger partial charge in [0.1, 0.15) is 0 Å². The molecule has 1 heterocycles. The predicted molar refractivity (Wildman–Crippen MR) is 87.6 cm³/mol. The fourth-order valence-electron chi connectivity index (χ4n) is 3.06. The van der Waals surface area contributed by atoms with Crippen molar-refractivity contribution in [2.45, 2.75) is 58.5 Å². The Morgan fingerprint density at radius 2 is 1.90 bits per heavy atom. The second kappa shape index (κ2) is 6.33. The van der Waals surface area contributed by atoms with Gasteiger partial charge in [0.2, 0.25) is 0 Å². The lowest BCUT2D eigenvalue weighted by Crippen LogP contribution is -2.13. The molecule has 1 aromatic carbocycles. The topological polar surface area (TPSA) is 29.9 Å². The van der Waals surface area contributed by atoms with Gasteiger partial charge >= 0.3 is 0 Å². The molecule has 0 bridgehead atoms. The largest absolute Gasteiger partial charge is 0.379 e. The van der Waals surface area contributed by atoms with Crippen LogP contribution >= 0.6 is 0 Å². The van der Waals surface area contributed by atoms with Gasteiger partial charge in [-0.25, -0.2) is 0 Å². The minimum absolute atomic E-state index is 0.620. The normalized spacial score (nSPS) is 16.1. The van der Waals surface area contributed by atoms with Crippen LogP contribution in [0.3, 0.4) is 0 Å². The molecule has 0 unspecified atom stereocenters. The summed E-state index contributed by atoms with van der Waals surface area (Å²) in [5, 5.41) is 8.21. The molecule has 1 aliphatic rings. The van der Waals surface area contributed by atoms with Crippen LogP contribution in [0, 0.1) is 13.8 Å². The number of hydrogen-bond donors (Lipinski definition) is 1. The van der Waals surface area contributed by atoms with Crippen LogP contribution in [0.1, 0.15) is 55.0 Å². The number of benzene rings is 1. The van der Waals surface area contributed by atoms with Crippen molar-refractivity contribution in [3.05, 3.63) is 47.3 Å². The van der Waals surface area contributed by atoms with Crippen molar-refractivity contribution < 1.29 is 0 Å². The van der Waals surface area contributed by atoms with Gasteiger partial charge < -0.3 is 5.32 Å². The lowest BCUT2D eigenvalue weighted by molar-refractivity contribution is 0.328. The van der Waals surface area contributed by atoms with Gasteiger partial charge in [-0.3, -0.25) is 4.68 Å². The van der Waals surface area contributed by atoms with Gasteiger partial charge in [-0.05, 0) is 56.0 Å². The lowest BCUT2D eigenvalue weighted by atomic mass is 9.96. The van der Waals surface area contributed by atoms with Crippen LogP contribution in [0.25, 0.3) is 0 Å². The Hall–Kier alpha value is -1.77. The third-order valence-electron chi connectivity index (χ3n) is 4.59. The third kappa shape index (κ3) is 3.46. The van der Waals surface area contributed by atoms with E-state index in [0.29, 0.717) is 6.04 Å². The van der Waals surface area contributed by atoms with Crippen molar-refractivity contribution in [1.82, 2.24) is 9.78 Å². The van der Waals surface area contributed by atoms with Gasteiger partial charge in [-0.2, -0.15) is 5.10 Å². The molecule has 3 rings (SSSR count). The van der Waals surface area contributed by atoms with E-state index in [-0.39, 0.29) is 0 Å². The molecule has 0 spiro atoms. The van der Waals surface area contributed by atoms with Crippen LogP contribution in [0.2, 0.25) is 0 Å². The monoisotopic (exact) mass is 283 g/mol. The van der Waals surface area contributed by atoms with E-state index in [1.165, 1.54) is 48.9 Å². The maximum atomic E-state index is 4.74. The summed E-state index contributed by atoms with van der Waals surface area (Å²) in [6, 6.07) is 9.27. The fraction of sp³-hybridized carbons (Fsp3) is 0.500. The maximum absolute atomic E-state index is 4.74. The van der Waals surface area contributed by atoms with E-state index in [1.807, 2.05) is 0 Å². The van der Waals surface area contributed by atoms with Crippen LogP contribution in [-0.2, 0) is 6.54 Å². The van der Waals surface area contributed by atoms with Crippen LogP contribution in [-0.4, -0.2) is 9.78 Å². The van der Waals surface area contributed by atoms with Crippen LogP contribution < -0.4 is 5.32 Å². The summed E-state index contributed by atoms with van der Waals surface area (Å²) in [4.78, 5) is 0. The fourth-order valence-corrected chi connectivity index (χ4v) is 3.06. The SMILES string of the molecule is Cc1ccc(NCc2ccn(C3CCCCC3)n2)cc1C. The summed E-state index contributed by atoms with van der Waals surface area (Å²) < 4.78 is 2.18. The summed E-state index contributed by atoms with van der Waals surface area (Å²) >= 11 is 0. The highest BCUT2D eigenvalue weighted by atomic mass is 15.3. The summed E-state index contributed by atoms with van der Waals surface area (Å²) in [5.74, 6) is 0. The zero-order chi connectivity index (χ0) is 14.7. The average molecular weight is 283 g/mol. The van der Waals surface area contributed by atoms with E-state index in [4.69, 9.17) is 5.10 Å². The van der Waals surface area contributed by atoms with E-state index in [2.05, 4.69) is 54.3 Å². The van der Waals surface area contributed by atoms with Crippen molar-refractivity contribution in [1.29, 1.82) is 0 Å². The molecule has 2 aromatic rings. The molecule has 0 saturated heterocycles. The second-order valence-electron chi connectivity index (χ2n) is 6.23. The standard InChI is InChI=1S/C18H25N3/c1-14-8-9-16(12-15(14)2)19-13-17-10-11-21(20-17)18-6-4-3-5-7-18/h8-12,18-19H,3-7,13H2,1-2H3. The molecule has 0 amide bonds. The summed E-state index contributed by atoms with van der Waals surface area (Å²) in [7, 11) is 0. The Balaban J connectivity index is 1.60. The Kier molecular flexibility index (Phi) is 4.28. The van der Waals surface area contributed by atoms with Gasteiger partial charge in [-0.15, -0.1) is 0 Å². The number of rotatable bonds is 4. The minimum Gasteiger partial charge on any atom is -0.379 e. The smallest absolute Gasteiger partial charge is 0.0815 e. The van der Waals surface area contributed by atoms with Gasteiger partial charge in [-0.1, -0.05) is 25.3 Å². The van der Waals surface area contributed by atoms with Crippen molar-refractivity contribution in [3.8, 4) is 0 Å². The minimum atomic E-state index is 0.620. The van der Waals surface area contributed by atoms with E-state index < -0.39 is 0 Å². The molecule has 1 aromatic heterocycles. The molecule has 112 valence electrons. The van der Waals surface area contributed by atoms with Crippen LogP contribution in [0.5, 0.6) is 0 Å². The predicted octanol–water partition coefficient (Wildman–Crippen LogP) is 4.62. The van der Waals surface area contributed by atoms with E-state index in [0.717, 1.165) is 12.2 Å². The zero-order valence-corrected chi connectivity index (χ0v) is 13.1. The summed E-state index contributed by atoms with van der Waals surface area (Å²) in [6.07, 6.45) is 8.80. The zero-order valence-electron chi connectivity index (χ0n) is 13.1. The highest BCUT2D eigenvalue weighted by Gasteiger charge is 2.15. The quantitative estimate of drug-likeness (QED) is 0.887. The third-order valence-corrected chi connectivity index (χ3v) is 4.59. The molecule has 1 fully saturated rings. The molecule has 3 heteroatoms. The highest BCUT2D eigenvalue weighted by molar-refractivity contribution is 5.48. The molecule has 1 aliphatic carbocycles. The first-order chi connectivity index (χ1) is 10.2. The molecule has 1 N–H and O–H groups in total. The van der Waals surface area contributed by atoms with Gasteiger partial charge in [0.25, 0.3) is 0 Å². The van der Waals surface area contributed by atoms with Gasteiger partial charge in [0, 0.05) is 11.9 Å². The van der Waals surface area contributed by atoms with Crippen molar-refractivity contribution in [2.24, 2.45) is 0 Å². The average Bonchev–Trinajstić information content (AvgIpc) is 2.98. The molecule has 21 heavy (non-hydrogen) atoms. The first kappa shape index (κ1) is 14.2. The van der Waals surface area contributed by atoms with Crippen molar-refractivity contribution in [2.75, 3.05) is 5.32 Å². The van der Waals surface area contributed by atoms with Gasteiger partial charge in [0.05, 0.1) is 18.3 Å². The summed E-state index contributed by atoms with van der Waals surface area (Å²) in [5.41, 5.74) is 4.96. The molecular formula is C18H25N3. The summed E-state index contributed by atoms with van der Waals surface area (Å²) in [6.45, 7) is 5.09. The molecular weight excluding hydrogens is 258 g/mol. The Labute approximate surface area is 127 Å². The Morgan fingerprint density at radius 3 is 2.67 bits per heavy atom. The lowest BCUT2D eigenvalue weighted by Gasteiger charge is -2.21. The van der Waals surface area contributed by atoms with E-state index in [1.54, 1.807) is 0 Å². The molecule has 3 nitrogen and oxygen atoms in total. The maximum Gasteiger partial charge on any atom is 0.0815 e. The molecule has 0 aliphatic heterocycles. The molecule has 0 radical (unpaired) electrons. The van der Waals surface area contributed by atoms with Crippen molar-refractivity contribution >= 4 is 5.69 Å². The number of aryl methyl sites for hydroxylation is 2. The highest BCUT2D eigenvalue weighted by Crippen LogP contribution is 2.27. The number of aromatic nitrogens is 2. The first-order valence-corrected chi connectivity index (χ1v) is 8.07. The number of hydrogen-bond acceptors (Lipinski definition) is 2. The second-order valence-corrected chi connectivity index (χ2v) is 6.23. The van der Waals surface area contributed by atoms with Crippen molar-refractivity contribution in [3.63, 3.8) is 0 Å². The van der Waals surface area contributed by atoms with Crippen LogP contribution in [0.4, 0.5) is 5.69 Å². The number of anilines is 1. The number of nitrogens with one attached hydrogen (secondary N) is 1.